The van der Waals surface area contributed by atoms with Crippen molar-refractivity contribution in [1.29, 1.82) is 0 Å². The second kappa shape index (κ2) is 4.81. The molecule has 0 saturated carbocycles. The Morgan fingerprint density at radius 3 is 2.41 bits per heavy atom. The fourth-order valence-electron chi connectivity index (χ4n) is 1.23. The average Bonchev–Trinajstić information content (AvgIpc) is 2.80. The van der Waals surface area contributed by atoms with E-state index in [1.165, 1.54) is 18.4 Å². The Morgan fingerprint density at radius 2 is 1.76 bits per heavy atom. The molecule has 0 unspecified atom stereocenters. The van der Waals surface area contributed by atoms with Crippen LogP contribution >= 0.6 is 0 Å². The fraction of sp³-hybridized carbons (Fsp3) is 0. The number of rotatable bonds is 3. The lowest BCUT2D eigenvalue weighted by Crippen LogP contribution is -1.75. The molecule has 0 radical (unpaired) electrons. The molecule has 1 aromatic heterocycles. The third-order valence-electron chi connectivity index (χ3n) is 1.94. The molecule has 0 saturated heterocycles. The van der Waals surface area contributed by atoms with Crippen molar-refractivity contribution >= 4 is 23.7 Å². The Bertz CT molecular complexity index is 618. The van der Waals surface area contributed by atoms with E-state index in [1.54, 1.807) is 24.3 Å². The molecule has 6 heteroatoms. The van der Waals surface area contributed by atoms with Gasteiger partial charge in [-0.15, -0.1) is 4.99 Å². The molecule has 0 bridgehead atoms. The van der Waals surface area contributed by atoms with Gasteiger partial charge in [0.1, 0.15) is 0 Å². The summed E-state index contributed by atoms with van der Waals surface area (Å²) in [6.45, 7) is 0. The number of nitrogens with zero attached hydrogens (tertiary/aromatic N) is 3. The van der Waals surface area contributed by atoms with E-state index in [9.17, 15) is 9.59 Å². The summed E-state index contributed by atoms with van der Waals surface area (Å²) in [5.41, 5.74) is 1.17. The summed E-state index contributed by atoms with van der Waals surface area (Å²) < 4.78 is 5.16. The van der Waals surface area contributed by atoms with Crippen LogP contribution in [0.5, 0.6) is 0 Å². The molecule has 2 aromatic rings. The van der Waals surface area contributed by atoms with E-state index in [0.717, 1.165) is 0 Å². The molecule has 1 heterocycles. The van der Waals surface area contributed by atoms with Crippen molar-refractivity contribution in [3.63, 3.8) is 0 Å². The molecule has 0 fully saturated rings. The predicted octanol–water partition coefficient (Wildman–Crippen LogP) is 2.28. The predicted molar refractivity (Wildman–Crippen MR) is 57.5 cm³/mol. The number of oxazole rings is 1. The Hall–Kier alpha value is -2.81. The van der Waals surface area contributed by atoms with Crippen LogP contribution in [-0.4, -0.2) is 17.1 Å². The zero-order valence-corrected chi connectivity index (χ0v) is 8.45. The van der Waals surface area contributed by atoms with E-state index in [2.05, 4.69) is 15.0 Å². The van der Waals surface area contributed by atoms with Gasteiger partial charge in [-0.05, 0) is 24.3 Å². The van der Waals surface area contributed by atoms with Crippen LogP contribution in [0.4, 0.5) is 11.6 Å². The van der Waals surface area contributed by atoms with Gasteiger partial charge in [-0.3, -0.25) is 0 Å². The summed E-state index contributed by atoms with van der Waals surface area (Å²) in [6.07, 6.45) is 4.12. The molecule has 0 N–H and O–H groups in total. The van der Waals surface area contributed by atoms with Crippen LogP contribution in [0.15, 0.2) is 44.9 Å². The summed E-state index contributed by atoms with van der Waals surface area (Å²) in [5, 5.41) is 0. The number of benzene rings is 1. The molecule has 2 rings (SSSR count). The lowest BCUT2D eigenvalue weighted by atomic mass is 10.2. The Balaban J connectivity index is 2.32. The lowest BCUT2D eigenvalue weighted by Gasteiger charge is -1.94. The maximum Gasteiger partial charge on any atom is 0.250 e. The highest BCUT2D eigenvalue weighted by atomic mass is 16.4. The highest BCUT2D eigenvalue weighted by molar-refractivity contribution is 5.59. The molecule has 0 spiro atoms. The van der Waals surface area contributed by atoms with Crippen molar-refractivity contribution in [3.8, 4) is 11.5 Å². The lowest BCUT2D eigenvalue weighted by molar-refractivity contribution is 0.557. The third-order valence-corrected chi connectivity index (χ3v) is 1.94. The monoisotopic (exact) mass is 227 g/mol. The van der Waals surface area contributed by atoms with Gasteiger partial charge in [0.25, 0.3) is 5.88 Å². The quantitative estimate of drug-likeness (QED) is 0.594. The summed E-state index contributed by atoms with van der Waals surface area (Å²) in [6, 6.07) is 6.59. The van der Waals surface area contributed by atoms with Gasteiger partial charge in [-0.2, -0.15) is 4.99 Å². The van der Waals surface area contributed by atoms with Gasteiger partial charge >= 0.3 is 0 Å². The molecule has 0 aliphatic rings. The molecule has 6 nitrogen and oxygen atoms in total. The van der Waals surface area contributed by atoms with E-state index in [1.807, 2.05) is 0 Å². The minimum atomic E-state index is 0.0880. The zero-order valence-electron chi connectivity index (χ0n) is 8.45. The van der Waals surface area contributed by atoms with Crippen LogP contribution in [0, 0.1) is 0 Å². The standard InChI is InChI=1S/C11H5N3O3/c15-6-13-9-3-1-8(2-4-9)11-12-5-10(17-11)14-7-16/h1-5H. The second-order valence-corrected chi connectivity index (χ2v) is 2.96. The number of isocyanates is 2. The molecule has 17 heavy (non-hydrogen) atoms. The summed E-state index contributed by atoms with van der Waals surface area (Å²) in [7, 11) is 0. The average molecular weight is 227 g/mol. The highest BCUT2D eigenvalue weighted by Gasteiger charge is 2.05. The van der Waals surface area contributed by atoms with E-state index in [4.69, 9.17) is 4.42 Å². The smallest absolute Gasteiger partial charge is 0.250 e. The maximum absolute atomic E-state index is 10.0. The van der Waals surface area contributed by atoms with Crippen LogP contribution in [0.1, 0.15) is 0 Å². The second-order valence-electron chi connectivity index (χ2n) is 2.96. The molecular formula is C11H5N3O3. The van der Waals surface area contributed by atoms with E-state index in [0.29, 0.717) is 17.1 Å². The number of carbonyl (C=O) groups excluding carboxylic acids is 2. The number of aromatic nitrogens is 1. The SMILES string of the molecule is O=C=Nc1ccc(-c2ncc(N=C=O)o2)cc1. The number of aliphatic imine (C=N–C) groups is 2. The van der Waals surface area contributed by atoms with E-state index < -0.39 is 0 Å². The molecule has 0 aliphatic carbocycles. The van der Waals surface area contributed by atoms with Crippen molar-refractivity contribution in [2.24, 2.45) is 9.98 Å². The molecule has 0 atom stereocenters. The van der Waals surface area contributed by atoms with Gasteiger partial charge in [0.05, 0.1) is 11.9 Å². The van der Waals surface area contributed by atoms with Crippen LogP contribution in [0.2, 0.25) is 0 Å². The summed E-state index contributed by atoms with van der Waals surface area (Å²) in [4.78, 5) is 30.7. The van der Waals surface area contributed by atoms with E-state index >= 15 is 0 Å². The van der Waals surface area contributed by atoms with Gasteiger partial charge in [0.15, 0.2) is 0 Å². The minimum Gasteiger partial charge on any atom is -0.418 e. The number of hydrogen-bond donors (Lipinski definition) is 0. The molecule has 1 aromatic carbocycles. The summed E-state index contributed by atoms with van der Waals surface area (Å²) >= 11 is 0. The summed E-state index contributed by atoms with van der Waals surface area (Å²) in [5.74, 6) is 0.408. The topological polar surface area (TPSA) is 84.9 Å². The van der Waals surface area contributed by atoms with Crippen LogP contribution in [0.25, 0.3) is 11.5 Å². The Morgan fingerprint density at radius 1 is 1.06 bits per heavy atom. The maximum atomic E-state index is 10.0. The normalized spacial score (nSPS) is 9.18. The first-order valence-corrected chi connectivity index (χ1v) is 4.55. The first-order chi connectivity index (χ1) is 8.33. The fourth-order valence-corrected chi connectivity index (χ4v) is 1.23. The van der Waals surface area contributed by atoms with Crippen molar-refractivity contribution < 1.29 is 14.0 Å². The molecule has 0 aliphatic heterocycles. The van der Waals surface area contributed by atoms with E-state index in [-0.39, 0.29) is 5.88 Å². The minimum absolute atomic E-state index is 0.0880. The Labute approximate surface area is 95.3 Å². The zero-order chi connectivity index (χ0) is 12.1. The van der Waals surface area contributed by atoms with Gasteiger partial charge in [-0.1, -0.05) is 0 Å². The van der Waals surface area contributed by atoms with Crippen molar-refractivity contribution in [2.75, 3.05) is 0 Å². The van der Waals surface area contributed by atoms with Crippen molar-refractivity contribution in [3.05, 3.63) is 30.5 Å². The third kappa shape index (κ3) is 2.41. The largest absolute Gasteiger partial charge is 0.418 e. The van der Waals surface area contributed by atoms with Crippen LogP contribution in [0.3, 0.4) is 0 Å². The molecular weight excluding hydrogens is 222 g/mol. The van der Waals surface area contributed by atoms with Crippen LogP contribution in [-0.2, 0) is 9.59 Å². The van der Waals surface area contributed by atoms with Gasteiger partial charge in [-0.25, -0.2) is 14.6 Å². The van der Waals surface area contributed by atoms with Crippen molar-refractivity contribution in [2.45, 2.75) is 0 Å². The highest BCUT2D eigenvalue weighted by Crippen LogP contribution is 2.24. The van der Waals surface area contributed by atoms with Gasteiger partial charge in [0.2, 0.25) is 18.1 Å². The van der Waals surface area contributed by atoms with Gasteiger partial charge < -0.3 is 4.42 Å². The molecule has 82 valence electrons. The Kier molecular flexibility index (Phi) is 3.03. The first kappa shape index (κ1) is 10.7. The van der Waals surface area contributed by atoms with Crippen molar-refractivity contribution in [1.82, 2.24) is 4.98 Å². The van der Waals surface area contributed by atoms with Crippen LogP contribution < -0.4 is 0 Å². The number of hydrogen-bond acceptors (Lipinski definition) is 6. The first-order valence-electron chi connectivity index (χ1n) is 4.55. The van der Waals surface area contributed by atoms with Gasteiger partial charge in [0, 0.05) is 5.56 Å². The molecule has 0 amide bonds.